The number of amides is 2. The van der Waals surface area contributed by atoms with Crippen LogP contribution < -0.4 is 9.64 Å². The summed E-state index contributed by atoms with van der Waals surface area (Å²) in [6.07, 6.45) is 1.77. The highest BCUT2D eigenvalue weighted by atomic mass is 19.1. The van der Waals surface area contributed by atoms with Gasteiger partial charge in [0.2, 0.25) is 11.8 Å². The van der Waals surface area contributed by atoms with Crippen molar-refractivity contribution in [2.45, 2.75) is 19.3 Å². The average Bonchev–Trinajstić information content (AvgIpc) is 2.69. The topological polar surface area (TPSA) is 49.9 Å². The fourth-order valence-electron chi connectivity index (χ4n) is 3.19. The van der Waals surface area contributed by atoms with E-state index in [-0.39, 0.29) is 24.2 Å². The van der Waals surface area contributed by atoms with Crippen molar-refractivity contribution in [2.24, 2.45) is 0 Å². The second kappa shape index (κ2) is 8.66. The van der Waals surface area contributed by atoms with E-state index in [2.05, 4.69) is 0 Å². The van der Waals surface area contributed by atoms with Gasteiger partial charge in [-0.15, -0.1) is 0 Å². The number of benzene rings is 2. The fraction of sp³-hybridized carbons (Fsp3) is 0.333. The standard InChI is InChI=1S/C21H23FN2O3/c1-27-19-6-3-5-18(14-19)24-13-12-23(15-21(24)26)20(25)7-2-4-16-8-10-17(22)11-9-16/h3,5-6,8-11,14H,2,4,7,12-13,15H2,1H3. The molecular weight excluding hydrogens is 347 g/mol. The minimum atomic E-state index is -0.262. The number of aryl methyl sites for hydroxylation is 1. The number of piperazine rings is 1. The smallest absolute Gasteiger partial charge is 0.246 e. The average molecular weight is 370 g/mol. The van der Waals surface area contributed by atoms with Crippen LogP contribution in [0, 0.1) is 5.82 Å². The van der Waals surface area contributed by atoms with Crippen LogP contribution in [0.5, 0.6) is 5.75 Å². The van der Waals surface area contributed by atoms with Crippen molar-refractivity contribution < 1.29 is 18.7 Å². The Balaban J connectivity index is 1.50. The number of hydrogen-bond donors (Lipinski definition) is 0. The molecule has 2 aromatic rings. The summed E-state index contributed by atoms with van der Waals surface area (Å²) < 4.78 is 18.1. The summed E-state index contributed by atoms with van der Waals surface area (Å²) in [5.41, 5.74) is 1.78. The van der Waals surface area contributed by atoms with E-state index in [9.17, 15) is 14.0 Å². The Morgan fingerprint density at radius 1 is 1.15 bits per heavy atom. The van der Waals surface area contributed by atoms with Gasteiger partial charge >= 0.3 is 0 Å². The highest BCUT2D eigenvalue weighted by Crippen LogP contribution is 2.23. The normalized spacial score (nSPS) is 14.4. The van der Waals surface area contributed by atoms with Gasteiger partial charge in [0.1, 0.15) is 18.1 Å². The molecule has 142 valence electrons. The minimum Gasteiger partial charge on any atom is -0.497 e. The van der Waals surface area contributed by atoms with Crippen molar-refractivity contribution in [3.05, 3.63) is 59.9 Å². The first-order chi connectivity index (χ1) is 13.1. The van der Waals surface area contributed by atoms with Gasteiger partial charge in [-0.25, -0.2) is 4.39 Å². The molecule has 0 spiro atoms. The maximum absolute atomic E-state index is 12.9. The van der Waals surface area contributed by atoms with Gasteiger partial charge < -0.3 is 14.5 Å². The van der Waals surface area contributed by atoms with Crippen LogP contribution in [0.4, 0.5) is 10.1 Å². The van der Waals surface area contributed by atoms with Gasteiger partial charge in [-0.3, -0.25) is 9.59 Å². The van der Waals surface area contributed by atoms with Gasteiger partial charge in [-0.2, -0.15) is 0 Å². The third-order valence-electron chi connectivity index (χ3n) is 4.71. The van der Waals surface area contributed by atoms with Crippen molar-refractivity contribution in [1.82, 2.24) is 4.90 Å². The molecule has 0 aliphatic carbocycles. The molecule has 1 aliphatic heterocycles. The molecule has 0 unspecified atom stereocenters. The zero-order valence-electron chi connectivity index (χ0n) is 15.4. The number of halogens is 1. The van der Waals surface area contributed by atoms with Crippen LogP contribution in [0.25, 0.3) is 0 Å². The van der Waals surface area contributed by atoms with Crippen LogP contribution in [0.15, 0.2) is 48.5 Å². The molecule has 2 amide bonds. The fourth-order valence-corrected chi connectivity index (χ4v) is 3.19. The Bertz CT molecular complexity index is 807. The molecule has 0 N–H and O–H groups in total. The van der Waals surface area contributed by atoms with Crippen LogP contribution in [0.2, 0.25) is 0 Å². The van der Waals surface area contributed by atoms with Gasteiger partial charge in [-0.1, -0.05) is 18.2 Å². The Kier molecular flexibility index (Phi) is 6.06. The highest BCUT2D eigenvalue weighted by Gasteiger charge is 2.27. The number of rotatable bonds is 6. The first-order valence-electron chi connectivity index (χ1n) is 9.03. The van der Waals surface area contributed by atoms with Gasteiger partial charge in [-0.05, 0) is 42.7 Å². The lowest BCUT2D eigenvalue weighted by Crippen LogP contribution is -2.52. The SMILES string of the molecule is COc1cccc(N2CCN(C(=O)CCCc3ccc(F)cc3)CC2=O)c1. The molecule has 1 heterocycles. The molecule has 27 heavy (non-hydrogen) atoms. The van der Waals surface area contributed by atoms with Crippen molar-refractivity contribution in [3.63, 3.8) is 0 Å². The van der Waals surface area contributed by atoms with E-state index in [0.717, 1.165) is 11.3 Å². The van der Waals surface area contributed by atoms with Crippen LogP contribution >= 0.6 is 0 Å². The summed E-state index contributed by atoms with van der Waals surface area (Å²) in [6, 6.07) is 13.7. The minimum absolute atomic E-state index is 0.0178. The van der Waals surface area contributed by atoms with Gasteiger partial charge in [0.05, 0.1) is 7.11 Å². The maximum atomic E-state index is 12.9. The summed E-state index contributed by atoms with van der Waals surface area (Å²) in [4.78, 5) is 28.2. The second-order valence-electron chi connectivity index (χ2n) is 6.54. The lowest BCUT2D eigenvalue weighted by Gasteiger charge is -2.34. The largest absolute Gasteiger partial charge is 0.497 e. The van der Waals surface area contributed by atoms with Crippen LogP contribution in [0.3, 0.4) is 0 Å². The van der Waals surface area contributed by atoms with Crippen LogP contribution in [0.1, 0.15) is 18.4 Å². The van der Waals surface area contributed by atoms with E-state index >= 15 is 0 Å². The lowest BCUT2D eigenvalue weighted by molar-refractivity contribution is -0.136. The van der Waals surface area contributed by atoms with E-state index in [0.29, 0.717) is 38.1 Å². The molecule has 0 bridgehead atoms. The van der Waals surface area contributed by atoms with Crippen molar-refractivity contribution in [3.8, 4) is 5.75 Å². The summed E-state index contributed by atoms with van der Waals surface area (Å²) in [5, 5.41) is 0. The van der Waals surface area contributed by atoms with Crippen molar-refractivity contribution >= 4 is 17.5 Å². The van der Waals surface area contributed by atoms with Crippen LogP contribution in [-0.4, -0.2) is 43.5 Å². The molecular formula is C21H23FN2O3. The number of hydrogen-bond acceptors (Lipinski definition) is 3. The molecule has 2 aromatic carbocycles. The Morgan fingerprint density at radius 2 is 1.93 bits per heavy atom. The molecule has 5 nitrogen and oxygen atoms in total. The molecule has 1 saturated heterocycles. The summed E-state index contributed by atoms with van der Waals surface area (Å²) in [7, 11) is 1.59. The van der Waals surface area contributed by atoms with Crippen LogP contribution in [-0.2, 0) is 16.0 Å². The van der Waals surface area contributed by atoms with Gasteiger partial charge in [0, 0.05) is 31.3 Å². The molecule has 0 saturated carbocycles. The summed E-state index contributed by atoms with van der Waals surface area (Å²) in [5.74, 6) is 0.319. The van der Waals surface area contributed by atoms with Crippen molar-refractivity contribution in [1.29, 1.82) is 0 Å². The van der Waals surface area contributed by atoms with Gasteiger partial charge in [0.25, 0.3) is 0 Å². The molecule has 3 rings (SSSR count). The summed E-state index contributed by atoms with van der Waals surface area (Å²) in [6.45, 7) is 1.07. The number of carbonyl (C=O) groups excluding carboxylic acids is 2. The first-order valence-corrected chi connectivity index (χ1v) is 9.03. The Hall–Kier alpha value is -2.89. The molecule has 1 fully saturated rings. The highest BCUT2D eigenvalue weighted by molar-refractivity contribution is 5.98. The van der Waals surface area contributed by atoms with E-state index < -0.39 is 0 Å². The number of carbonyl (C=O) groups is 2. The zero-order chi connectivity index (χ0) is 19.2. The number of ether oxygens (including phenoxy) is 1. The van der Waals surface area contributed by atoms with E-state index in [1.54, 1.807) is 29.0 Å². The number of anilines is 1. The van der Waals surface area contributed by atoms with E-state index in [4.69, 9.17) is 4.74 Å². The molecule has 6 heteroatoms. The monoisotopic (exact) mass is 370 g/mol. The molecule has 0 radical (unpaired) electrons. The second-order valence-corrected chi connectivity index (χ2v) is 6.54. The molecule has 0 atom stereocenters. The Morgan fingerprint density at radius 3 is 2.63 bits per heavy atom. The van der Waals surface area contributed by atoms with Crippen molar-refractivity contribution in [2.75, 3.05) is 31.6 Å². The predicted octanol–water partition coefficient (Wildman–Crippen LogP) is 3.03. The van der Waals surface area contributed by atoms with Gasteiger partial charge in [0.15, 0.2) is 0 Å². The first kappa shape index (κ1) is 18.9. The zero-order valence-corrected chi connectivity index (χ0v) is 15.4. The molecule has 1 aliphatic rings. The van der Waals surface area contributed by atoms with E-state index in [1.807, 2.05) is 24.3 Å². The molecule has 0 aromatic heterocycles. The quantitative estimate of drug-likeness (QED) is 0.785. The third-order valence-corrected chi connectivity index (χ3v) is 4.71. The number of methoxy groups -OCH3 is 1. The number of nitrogens with zero attached hydrogens (tertiary/aromatic N) is 2. The van der Waals surface area contributed by atoms with E-state index in [1.165, 1.54) is 12.1 Å². The predicted molar refractivity (Wildman–Crippen MR) is 101 cm³/mol. The summed E-state index contributed by atoms with van der Waals surface area (Å²) >= 11 is 0. The third kappa shape index (κ3) is 4.84. The maximum Gasteiger partial charge on any atom is 0.246 e. The Labute approximate surface area is 158 Å². The lowest BCUT2D eigenvalue weighted by atomic mass is 10.1.